The number of rotatable bonds is 3. The minimum absolute atomic E-state index is 0.165. The van der Waals surface area contributed by atoms with Gasteiger partial charge in [0.15, 0.2) is 4.88 Å². The second-order valence-electron chi connectivity index (χ2n) is 3.67. The Balaban J connectivity index is 2.58. The third kappa shape index (κ3) is 2.39. The van der Waals surface area contributed by atoms with Crippen molar-refractivity contribution in [2.24, 2.45) is 0 Å². The summed E-state index contributed by atoms with van der Waals surface area (Å²) in [4.78, 5) is 10.7. The first kappa shape index (κ1) is 12.7. The molecule has 0 saturated carbocycles. The summed E-state index contributed by atoms with van der Waals surface area (Å²) in [6.07, 6.45) is 1.01. The first-order valence-corrected chi connectivity index (χ1v) is 7.45. The zero-order chi connectivity index (χ0) is 13.5. The number of carbonyl (C=O) groups is 1. The zero-order valence-electron chi connectivity index (χ0n) is 9.17. The molecule has 6 nitrogen and oxygen atoms in total. The van der Waals surface area contributed by atoms with E-state index >= 15 is 0 Å². The second-order valence-corrected chi connectivity index (χ2v) is 6.47. The van der Waals surface area contributed by atoms with Crippen LogP contribution in [0, 0.1) is 0 Å². The van der Waals surface area contributed by atoms with E-state index in [4.69, 9.17) is 5.11 Å². The predicted molar refractivity (Wildman–Crippen MR) is 68.9 cm³/mol. The number of aromatic hydroxyl groups is 1. The minimum atomic E-state index is -3.41. The molecule has 3 N–H and O–H groups in total. The Labute approximate surface area is 107 Å². The highest BCUT2D eigenvalue weighted by atomic mass is 32.2. The molecule has 0 atom stereocenters. The van der Waals surface area contributed by atoms with Crippen LogP contribution in [-0.4, -0.2) is 30.9 Å². The second kappa shape index (κ2) is 4.14. The van der Waals surface area contributed by atoms with Crippen LogP contribution in [-0.2, 0) is 10.0 Å². The fourth-order valence-electron chi connectivity index (χ4n) is 1.51. The van der Waals surface area contributed by atoms with E-state index in [0.29, 0.717) is 10.1 Å². The van der Waals surface area contributed by atoms with Gasteiger partial charge in [0, 0.05) is 15.8 Å². The molecule has 0 bridgehead atoms. The summed E-state index contributed by atoms with van der Waals surface area (Å²) in [7, 11) is -3.41. The van der Waals surface area contributed by atoms with Crippen LogP contribution in [0.15, 0.2) is 18.2 Å². The SMILES string of the molecule is CS(=O)(=O)Nc1ccc2sc(C(=O)O)c(O)c2c1. The van der Waals surface area contributed by atoms with Gasteiger partial charge in [-0.15, -0.1) is 11.3 Å². The van der Waals surface area contributed by atoms with E-state index in [1.807, 2.05) is 0 Å². The largest absolute Gasteiger partial charge is 0.505 e. The third-order valence-electron chi connectivity index (χ3n) is 2.16. The van der Waals surface area contributed by atoms with Gasteiger partial charge in [-0.3, -0.25) is 4.72 Å². The maximum absolute atomic E-state index is 11.1. The van der Waals surface area contributed by atoms with Crippen molar-refractivity contribution in [1.82, 2.24) is 0 Å². The molecular formula is C10H9NO5S2. The highest BCUT2D eigenvalue weighted by molar-refractivity contribution is 7.92. The van der Waals surface area contributed by atoms with E-state index in [9.17, 15) is 18.3 Å². The normalized spacial score (nSPS) is 11.6. The van der Waals surface area contributed by atoms with Gasteiger partial charge in [-0.1, -0.05) is 0 Å². The molecule has 0 saturated heterocycles. The molecule has 1 aromatic carbocycles. The van der Waals surface area contributed by atoms with Crippen LogP contribution >= 0.6 is 11.3 Å². The third-order valence-corrected chi connectivity index (χ3v) is 3.91. The molecule has 0 aliphatic heterocycles. The summed E-state index contributed by atoms with van der Waals surface area (Å²) in [5, 5.41) is 18.9. The lowest BCUT2D eigenvalue weighted by atomic mass is 10.2. The lowest BCUT2D eigenvalue weighted by molar-refractivity contribution is 0.0699. The van der Waals surface area contributed by atoms with E-state index in [0.717, 1.165) is 17.6 Å². The predicted octanol–water partition coefficient (Wildman–Crippen LogP) is 1.68. The van der Waals surface area contributed by atoms with Gasteiger partial charge in [0.2, 0.25) is 10.0 Å². The average molecular weight is 287 g/mol. The molecule has 0 aliphatic rings. The summed E-state index contributed by atoms with van der Waals surface area (Å²) in [5.41, 5.74) is 0.273. The van der Waals surface area contributed by atoms with Crippen molar-refractivity contribution in [3.63, 3.8) is 0 Å². The minimum Gasteiger partial charge on any atom is -0.505 e. The summed E-state index contributed by atoms with van der Waals surface area (Å²) in [6.45, 7) is 0. The van der Waals surface area contributed by atoms with Crippen molar-refractivity contribution in [3.8, 4) is 5.75 Å². The Morgan fingerprint density at radius 2 is 2.06 bits per heavy atom. The Kier molecular flexibility index (Phi) is 2.91. The standard InChI is InChI=1S/C10H9NO5S2/c1-18(15,16)11-5-2-3-7-6(4-5)8(12)9(17-7)10(13)14/h2-4,11-12H,1H3,(H,13,14). The van der Waals surface area contributed by atoms with Gasteiger partial charge in [-0.05, 0) is 18.2 Å². The molecule has 0 unspecified atom stereocenters. The van der Waals surface area contributed by atoms with Crippen LogP contribution in [0.3, 0.4) is 0 Å². The van der Waals surface area contributed by atoms with Crippen molar-refractivity contribution >= 4 is 43.1 Å². The van der Waals surface area contributed by atoms with Crippen molar-refractivity contribution < 1.29 is 23.4 Å². The van der Waals surface area contributed by atoms with Gasteiger partial charge in [0.25, 0.3) is 0 Å². The highest BCUT2D eigenvalue weighted by Gasteiger charge is 2.17. The molecule has 18 heavy (non-hydrogen) atoms. The van der Waals surface area contributed by atoms with Crippen LogP contribution in [0.1, 0.15) is 9.67 Å². The molecule has 0 amide bonds. The molecule has 8 heteroatoms. The van der Waals surface area contributed by atoms with Crippen molar-refractivity contribution in [2.45, 2.75) is 0 Å². The fraction of sp³-hybridized carbons (Fsp3) is 0.100. The Bertz CT molecular complexity index is 732. The van der Waals surface area contributed by atoms with Gasteiger partial charge < -0.3 is 10.2 Å². The van der Waals surface area contributed by atoms with Crippen LogP contribution in [0.4, 0.5) is 5.69 Å². The summed E-state index contributed by atoms with van der Waals surface area (Å²) in [6, 6.07) is 4.46. The fourth-order valence-corrected chi connectivity index (χ4v) is 2.98. The molecule has 0 aliphatic carbocycles. The maximum Gasteiger partial charge on any atom is 0.349 e. The Morgan fingerprint density at radius 3 is 2.61 bits per heavy atom. The molecule has 96 valence electrons. The van der Waals surface area contributed by atoms with Gasteiger partial charge >= 0.3 is 5.97 Å². The number of aromatic carboxylic acids is 1. The number of thiophene rings is 1. The molecule has 2 rings (SSSR count). The molecule has 0 radical (unpaired) electrons. The van der Waals surface area contributed by atoms with Crippen LogP contribution < -0.4 is 4.72 Å². The quantitative estimate of drug-likeness (QED) is 0.796. The number of anilines is 1. The number of hydrogen-bond acceptors (Lipinski definition) is 5. The molecule has 1 heterocycles. The molecule has 2 aromatic rings. The summed E-state index contributed by atoms with van der Waals surface area (Å²) >= 11 is 0.932. The highest BCUT2D eigenvalue weighted by Crippen LogP contribution is 2.38. The van der Waals surface area contributed by atoms with Crippen molar-refractivity contribution in [3.05, 3.63) is 23.1 Å². The monoisotopic (exact) mass is 287 g/mol. The van der Waals surface area contributed by atoms with Crippen molar-refractivity contribution in [2.75, 3.05) is 11.0 Å². The Morgan fingerprint density at radius 1 is 1.39 bits per heavy atom. The lowest BCUT2D eigenvalue weighted by Gasteiger charge is -2.03. The van der Waals surface area contributed by atoms with Crippen LogP contribution in [0.2, 0.25) is 0 Å². The first-order chi connectivity index (χ1) is 8.28. The van der Waals surface area contributed by atoms with E-state index < -0.39 is 16.0 Å². The van der Waals surface area contributed by atoms with Crippen LogP contribution in [0.5, 0.6) is 5.75 Å². The van der Waals surface area contributed by atoms with Crippen LogP contribution in [0.25, 0.3) is 10.1 Å². The maximum atomic E-state index is 11.1. The van der Waals surface area contributed by atoms with E-state index in [1.165, 1.54) is 12.1 Å². The number of hydrogen-bond donors (Lipinski definition) is 3. The number of fused-ring (bicyclic) bond motifs is 1. The van der Waals surface area contributed by atoms with E-state index in [2.05, 4.69) is 4.72 Å². The van der Waals surface area contributed by atoms with Crippen molar-refractivity contribution in [1.29, 1.82) is 0 Å². The number of carboxylic acid groups (broad SMARTS) is 1. The number of benzene rings is 1. The lowest BCUT2D eigenvalue weighted by Crippen LogP contribution is -2.09. The van der Waals surface area contributed by atoms with Gasteiger partial charge in [0.05, 0.1) is 6.26 Å². The molecule has 1 aromatic heterocycles. The van der Waals surface area contributed by atoms with E-state index in [-0.39, 0.29) is 16.3 Å². The van der Waals surface area contributed by atoms with Gasteiger partial charge in [0.1, 0.15) is 5.75 Å². The smallest absolute Gasteiger partial charge is 0.349 e. The summed E-state index contributed by atoms with van der Waals surface area (Å²) < 4.78 is 25.0. The number of carboxylic acids is 1. The molecule has 0 fully saturated rings. The Hall–Kier alpha value is -1.80. The molecule has 0 spiro atoms. The average Bonchev–Trinajstić information content (AvgIpc) is 2.54. The summed E-state index contributed by atoms with van der Waals surface area (Å²) in [5.74, 6) is -1.56. The van der Waals surface area contributed by atoms with Gasteiger partial charge in [-0.2, -0.15) is 0 Å². The first-order valence-electron chi connectivity index (χ1n) is 4.74. The van der Waals surface area contributed by atoms with Gasteiger partial charge in [-0.25, -0.2) is 13.2 Å². The zero-order valence-corrected chi connectivity index (χ0v) is 10.8. The number of sulfonamides is 1. The topological polar surface area (TPSA) is 104 Å². The van der Waals surface area contributed by atoms with E-state index in [1.54, 1.807) is 6.07 Å². The number of nitrogens with one attached hydrogen (secondary N) is 1. The molecular weight excluding hydrogens is 278 g/mol.